The van der Waals surface area contributed by atoms with E-state index in [1.807, 2.05) is 0 Å². The van der Waals surface area contributed by atoms with Crippen LogP contribution in [0, 0.1) is 29.1 Å². The normalized spacial score (nSPS) is 10.9. The predicted molar refractivity (Wildman–Crippen MR) is 108 cm³/mol. The number of carbonyl (C=O) groups excluding carboxylic acids is 2. The molecule has 0 aliphatic rings. The van der Waals surface area contributed by atoms with Gasteiger partial charge in [-0.15, -0.1) is 0 Å². The van der Waals surface area contributed by atoms with Crippen molar-refractivity contribution >= 4 is 11.9 Å². The molecule has 182 valence electrons. The van der Waals surface area contributed by atoms with E-state index in [0.29, 0.717) is 6.42 Å². The quantitative estimate of drug-likeness (QED) is 0.0898. The first-order valence-corrected chi connectivity index (χ1v) is 11.1. The fraction of sp³-hybridized carbons (Fsp3) is 0.652. The molecule has 0 aliphatic heterocycles. The zero-order valence-corrected chi connectivity index (χ0v) is 18.4. The fourth-order valence-corrected chi connectivity index (χ4v) is 3.05. The van der Waals surface area contributed by atoms with Crippen LogP contribution in [-0.2, 0) is 25.7 Å². The van der Waals surface area contributed by atoms with Gasteiger partial charge in [0.05, 0.1) is 25.0 Å². The summed E-state index contributed by atoms with van der Waals surface area (Å²) in [5.74, 6) is -12.3. The van der Waals surface area contributed by atoms with Crippen molar-refractivity contribution in [2.45, 2.75) is 90.6 Å². The lowest BCUT2D eigenvalue weighted by molar-refractivity contribution is -0.151. The Kier molecular flexibility index (Phi) is 13.6. The number of hydrogen-bond acceptors (Lipinski definition) is 4. The van der Waals surface area contributed by atoms with E-state index >= 15 is 0 Å². The second-order valence-electron chi connectivity index (χ2n) is 7.61. The molecule has 1 aromatic carbocycles. The van der Waals surface area contributed by atoms with Crippen molar-refractivity contribution in [3.8, 4) is 0 Å². The SMILES string of the molecule is CCCCCCCCCCCCOC(=O)CCC(=O)OCc1c(F)c(F)c(F)c(F)c1F. The van der Waals surface area contributed by atoms with Gasteiger partial charge in [0.15, 0.2) is 23.3 Å². The molecule has 0 aliphatic carbocycles. The fourth-order valence-electron chi connectivity index (χ4n) is 3.05. The van der Waals surface area contributed by atoms with Crippen LogP contribution in [0.25, 0.3) is 0 Å². The molecule has 0 atom stereocenters. The molecule has 0 unspecified atom stereocenters. The third-order valence-corrected chi connectivity index (χ3v) is 4.97. The number of benzene rings is 1. The molecule has 4 nitrogen and oxygen atoms in total. The van der Waals surface area contributed by atoms with E-state index in [4.69, 9.17) is 4.74 Å². The van der Waals surface area contributed by atoms with E-state index in [2.05, 4.69) is 11.7 Å². The molecule has 32 heavy (non-hydrogen) atoms. The van der Waals surface area contributed by atoms with Crippen LogP contribution in [0.2, 0.25) is 0 Å². The van der Waals surface area contributed by atoms with Gasteiger partial charge in [0.25, 0.3) is 0 Å². The van der Waals surface area contributed by atoms with Crippen LogP contribution in [0.1, 0.15) is 89.5 Å². The van der Waals surface area contributed by atoms with Crippen LogP contribution in [0.5, 0.6) is 0 Å². The van der Waals surface area contributed by atoms with Gasteiger partial charge in [-0.2, -0.15) is 0 Å². The van der Waals surface area contributed by atoms with E-state index in [0.717, 1.165) is 19.3 Å². The molecule has 0 saturated carbocycles. The van der Waals surface area contributed by atoms with Gasteiger partial charge in [-0.1, -0.05) is 64.7 Å². The van der Waals surface area contributed by atoms with E-state index < -0.39 is 59.6 Å². The van der Waals surface area contributed by atoms with Gasteiger partial charge in [-0.05, 0) is 6.42 Å². The average Bonchev–Trinajstić information content (AvgIpc) is 2.78. The van der Waals surface area contributed by atoms with E-state index in [-0.39, 0.29) is 13.0 Å². The van der Waals surface area contributed by atoms with Gasteiger partial charge in [-0.25, -0.2) is 22.0 Å². The van der Waals surface area contributed by atoms with Crippen LogP contribution in [0.15, 0.2) is 0 Å². The molecule has 9 heteroatoms. The van der Waals surface area contributed by atoms with Crippen molar-refractivity contribution < 1.29 is 41.0 Å². The summed E-state index contributed by atoms with van der Waals surface area (Å²) in [7, 11) is 0. The van der Waals surface area contributed by atoms with Gasteiger partial charge >= 0.3 is 11.9 Å². The first kappa shape index (κ1) is 27.8. The maximum absolute atomic E-state index is 13.5. The van der Waals surface area contributed by atoms with Gasteiger partial charge in [0.2, 0.25) is 5.82 Å². The summed E-state index contributed by atoms with van der Waals surface area (Å²) in [6.07, 6.45) is 10.6. The topological polar surface area (TPSA) is 52.6 Å². The number of unbranched alkanes of at least 4 members (excludes halogenated alkanes) is 9. The van der Waals surface area contributed by atoms with Gasteiger partial charge < -0.3 is 9.47 Å². The Labute approximate surface area is 185 Å². The smallest absolute Gasteiger partial charge is 0.306 e. The average molecular weight is 466 g/mol. The largest absolute Gasteiger partial charge is 0.466 e. The van der Waals surface area contributed by atoms with E-state index in [1.165, 1.54) is 38.5 Å². The molecule has 0 heterocycles. The minimum atomic E-state index is -2.29. The van der Waals surface area contributed by atoms with Crippen LogP contribution in [0.3, 0.4) is 0 Å². The van der Waals surface area contributed by atoms with Crippen molar-refractivity contribution in [1.29, 1.82) is 0 Å². The maximum atomic E-state index is 13.5. The third kappa shape index (κ3) is 9.96. The Hall–Kier alpha value is -2.19. The van der Waals surface area contributed by atoms with Crippen molar-refractivity contribution in [3.05, 3.63) is 34.6 Å². The number of esters is 2. The monoisotopic (exact) mass is 466 g/mol. The highest BCUT2D eigenvalue weighted by Gasteiger charge is 2.26. The van der Waals surface area contributed by atoms with Gasteiger partial charge in [0, 0.05) is 0 Å². The lowest BCUT2D eigenvalue weighted by atomic mass is 10.1. The number of hydrogen-bond donors (Lipinski definition) is 0. The highest BCUT2D eigenvalue weighted by Crippen LogP contribution is 2.23. The van der Waals surface area contributed by atoms with Crippen molar-refractivity contribution in [2.75, 3.05) is 6.61 Å². The summed E-state index contributed by atoms with van der Waals surface area (Å²) < 4.78 is 75.7. The van der Waals surface area contributed by atoms with Gasteiger partial charge in [0.1, 0.15) is 6.61 Å². The van der Waals surface area contributed by atoms with Gasteiger partial charge in [-0.3, -0.25) is 9.59 Å². The molecule has 0 aromatic heterocycles. The first-order valence-electron chi connectivity index (χ1n) is 11.1. The summed E-state index contributed by atoms with van der Waals surface area (Å²) in [5, 5.41) is 0. The number of ether oxygens (including phenoxy) is 2. The molecular formula is C23H31F5O4. The summed E-state index contributed by atoms with van der Waals surface area (Å²) in [6.45, 7) is 1.28. The third-order valence-electron chi connectivity index (χ3n) is 4.97. The Morgan fingerprint density at radius 1 is 0.594 bits per heavy atom. The predicted octanol–water partition coefficient (Wildman–Crippen LogP) is 6.67. The molecular weight excluding hydrogens is 435 g/mol. The van der Waals surface area contributed by atoms with Crippen molar-refractivity contribution in [1.82, 2.24) is 0 Å². The minimum Gasteiger partial charge on any atom is -0.466 e. The van der Waals surface area contributed by atoms with Crippen molar-refractivity contribution in [3.63, 3.8) is 0 Å². The molecule has 0 fully saturated rings. The van der Waals surface area contributed by atoms with Crippen LogP contribution in [-0.4, -0.2) is 18.5 Å². The van der Waals surface area contributed by atoms with E-state index in [9.17, 15) is 31.5 Å². The van der Waals surface area contributed by atoms with Crippen LogP contribution >= 0.6 is 0 Å². The van der Waals surface area contributed by atoms with Crippen LogP contribution in [0.4, 0.5) is 22.0 Å². The second-order valence-corrected chi connectivity index (χ2v) is 7.61. The molecule has 0 radical (unpaired) electrons. The van der Waals surface area contributed by atoms with E-state index in [1.54, 1.807) is 0 Å². The summed E-state index contributed by atoms with van der Waals surface area (Å²) in [4.78, 5) is 23.2. The molecule has 0 saturated heterocycles. The number of carbonyl (C=O) groups is 2. The summed E-state index contributed by atoms with van der Waals surface area (Å²) in [5.41, 5.74) is -1.25. The van der Waals surface area contributed by atoms with Crippen LogP contribution < -0.4 is 0 Å². The Morgan fingerprint density at radius 2 is 1.00 bits per heavy atom. The zero-order valence-electron chi connectivity index (χ0n) is 18.4. The molecule has 0 amide bonds. The Balaban J connectivity index is 2.15. The Morgan fingerprint density at radius 3 is 1.50 bits per heavy atom. The molecule has 0 N–H and O–H groups in total. The lowest BCUT2D eigenvalue weighted by Crippen LogP contribution is -2.13. The second kappa shape index (κ2) is 15.6. The maximum Gasteiger partial charge on any atom is 0.306 e. The Bertz CT molecular complexity index is 711. The summed E-state index contributed by atoms with van der Waals surface area (Å²) >= 11 is 0. The zero-order chi connectivity index (χ0) is 23.9. The first-order chi connectivity index (χ1) is 15.3. The number of halogens is 5. The summed E-state index contributed by atoms with van der Waals surface area (Å²) in [6, 6.07) is 0. The van der Waals surface area contributed by atoms with Crippen molar-refractivity contribution in [2.24, 2.45) is 0 Å². The minimum absolute atomic E-state index is 0.231. The highest BCUT2D eigenvalue weighted by molar-refractivity contribution is 5.77. The molecule has 1 aromatic rings. The lowest BCUT2D eigenvalue weighted by Gasteiger charge is -2.09. The molecule has 1 rings (SSSR count). The standard InChI is InChI=1S/C23H31F5O4/c1-2-3-4-5-6-7-8-9-10-11-14-31-17(29)12-13-18(30)32-15-16-19(24)21(26)23(28)22(27)20(16)25/h2-15H2,1H3. The molecule has 0 spiro atoms. The molecule has 0 bridgehead atoms. The number of rotatable bonds is 16. The highest BCUT2D eigenvalue weighted by atomic mass is 19.2.